The molecule has 0 fully saturated rings. The van der Waals surface area contributed by atoms with Crippen LogP contribution in [0.4, 0.5) is 0 Å². The van der Waals surface area contributed by atoms with Crippen molar-refractivity contribution in [2.45, 2.75) is 51.4 Å². The zero-order valence-electron chi connectivity index (χ0n) is 11.2. The van der Waals surface area contributed by atoms with Gasteiger partial charge in [0.2, 0.25) is 0 Å². The van der Waals surface area contributed by atoms with E-state index in [-0.39, 0.29) is 12.2 Å². The number of unbranched alkanes of at least 4 members (excludes halogenated alkanes) is 7. The van der Waals surface area contributed by atoms with Gasteiger partial charge in [-0.25, -0.2) is 4.79 Å². The Morgan fingerprint density at radius 1 is 0.944 bits per heavy atom. The molecule has 0 aromatic rings. The highest BCUT2D eigenvalue weighted by atomic mass is 16.5. The number of carbonyl (C=O) groups is 1. The van der Waals surface area contributed by atoms with Crippen LogP contribution in [0.3, 0.4) is 0 Å². The summed E-state index contributed by atoms with van der Waals surface area (Å²) < 4.78 is 5.21. The lowest BCUT2D eigenvalue weighted by molar-refractivity contribution is -0.133. The first-order valence-corrected chi connectivity index (χ1v) is 6.78. The van der Waals surface area contributed by atoms with Crippen LogP contribution < -0.4 is 0 Å². The van der Waals surface area contributed by atoms with E-state index in [0.717, 1.165) is 25.7 Å². The fourth-order valence-electron chi connectivity index (χ4n) is 1.63. The van der Waals surface area contributed by atoms with Gasteiger partial charge in [-0.2, -0.15) is 0 Å². The Morgan fingerprint density at radius 2 is 1.44 bits per heavy atom. The number of carboxylic acids is 1. The normalized spacial score (nSPS) is 10.5. The molecule has 2 N–H and O–H groups in total. The van der Waals surface area contributed by atoms with E-state index in [1.165, 1.54) is 25.7 Å². The van der Waals surface area contributed by atoms with E-state index >= 15 is 0 Å². The molecule has 0 amide bonds. The maximum atomic E-state index is 10.4. The Morgan fingerprint density at radius 3 is 1.94 bits per heavy atom. The molecule has 0 aliphatic rings. The predicted molar refractivity (Wildman–Crippen MR) is 71.6 cm³/mol. The Kier molecular flexibility index (Phi) is 12.0. The summed E-state index contributed by atoms with van der Waals surface area (Å²) in [6.07, 6.45) is 9.00. The van der Waals surface area contributed by atoms with Crippen molar-refractivity contribution in [1.29, 1.82) is 0 Å². The van der Waals surface area contributed by atoms with Crippen LogP contribution in [0, 0.1) is 0 Å². The number of aliphatic carboxylic acids is 1. The molecule has 0 aromatic heterocycles. The van der Waals surface area contributed by atoms with Gasteiger partial charge in [0.15, 0.2) is 0 Å². The Hall–Kier alpha value is -0.870. The second kappa shape index (κ2) is 12.6. The molecule has 0 rings (SSSR count). The van der Waals surface area contributed by atoms with Gasteiger partial charge < -0.3 is 14.9 Å². The smallest absolute Gasteiger partial charge is 0.333 e. The van der Waals surface area contributed by atoms with Gasteiger partial charge in [0.25, 0.3) is 0 Å². The van der Waals surface area contributed by atoms with Gasteiger partial charge in [0, 0.05) is 13.2 Å². The van der Waals surface area contributed by atoms with Crippen LogP contribution in [0.25, 0.3) is 0 Å². The van der Waals surface area contributed by atoms with Crippen LogP contribution in [0.2, 0.25) is 0 Å². The molecule has 0 saturated carbocycles. The first-order chi connectivity index (χ1) is 8.68. The number of carboxylic acid groups (broad SMARTS) is 1. The number of aliphatic hydroxyl groups is 1. The third-order valence-electron chi connectivity index (χ3n) is 2.78. The van der Waals surface area contributed by atoms with Crippen LogP contribution in [-0.4, -0.2) is 36.0 Å². The van der Waals surface area contributed by atoms with Crippen LogP contribution in [0.15, 0.2) is 12.2 Å². The zero-order valence-corrected chi connectivity index (χ0v) is 11.2. The van der Waals surface area contributed by atoms with Crippen LogP contribution in [0.5, 0.6) is 0 Å². The monoisotopic (exact) mass is 258 g/mol. The second-order valence-corrected chi connectivity index (χ2v) is 4.51. The molecule has 0 aliphatic heterocycles. The van der Waals surface area contributed by atoms with E-state index in [2.05, 4.69) is 6.58 Å². The average molecular weight is 258 g/mol. The summed E-state index contributed by atoms with van der Waals surface area (Å²) in [5.74, 6) is -0.988. The molecule has 0 heterocycles. The molecule has 0 bridgehead atoms. The quantitative estimate of drug-likeness (QED) is 0.394. The van der Waals surface area contributed by atoms with Gasteiger partial charge in [0.05, 0.1) is 12.2 Å². The van der Waals surface area contributed by atoms with Gasteiger partial charge in [-0.3, -0.25) is 0 Å². The Balaban J connectivity index is 3.07. The van der Waals surface area contributed by atoms with Crippen molar-refractivity contribution in [1.82, 2.24) is 0 Å². The maximum absolute atomic E-state index is 10.4. The molecular weight excluding hydrogens is 232 g/mol. The van der Waals surface area contributed by atoms with E-state index in [9.17, 15) is 4.79 Å². The minimum Gasteiger partial charge on any atom is -0.478 e. The predicted octanol–water partition coefficient (Wildman–Crippen LogP) is 2.76. The number of ether oxygens (including phenoxy) is 1. The first-order valence-electron chi connectivity index (χ1n) is 6.78. The van der Waals surface area contributed by atoms with Crippen molar-refractivity contribution >= 4 is 5.97 Å². The molecule has 18 heavy (non-hydrogen) atoms. The minimum absolute atomic E-state index is 0.110. The standard InChI is InChI=1S/C14H26O4/c1-13(14(16)17)12-18-11-9-7-5-3-2-4-6-8-10-15/h15H,1-12H2,(H,16,17). The van der Waals surface area contributed by atoms with E-state index in [0.29, 0.717) is 13.2 Å². The molecule has 4 nitrogen and oxygen atoms in total. The summed E-state index contributed by atoms with van der Waals surface area (Å²) in [7, 11) is 0. The average Bonchev–Trinajstić information content (AvgIpc) is 2.35. The highest BCUT2D eigenvalue weighted by Gasteiger charge is 2.02. The van der Waals surface area contributed by atoms with E-state index in [4.69, 9.17) is 14.9 Å². The molecule has 4 heteroatoms. The summed E-state index contributed by atoms with van der Waals surface area (Å²) in [4.78, 5) is 10.4. The molecule has 0 radical (unpaired) electrons. The van der Waals surface area contributed by atoms with E-state index in [1.807, 2.05) is 0 Å². The van der Waals surface area contributed by atoms with Gasteiger partial charge in [-0.05, 0) is 12.8 Å². The Labute approximate surface area is 110 Å². The van der Waals surface area contributed by atoms with E-state index < -0.39 is 5.97 Å². The van der Waals surface area contributed by atoms with Gasteiger partial charge in [-0.1, -0.05) is 45.1 Å². The third kappa shape index (κ3) is 11.6. The van der Waals surface area contributed by atoms with Crippen LogP contribution in [-0.2, 0) is 9.53 Å². The maximum Gasteiger partial charge on any atom is 0.333 e. The molecule has 0 aromatic carbocycles. The van der Waals surface area contributed by atoms with E-state index in [1.54, 1.807) is 0 Å². The summed E-state index contributed by atoms with van der Waals surface area (Å²) in [6, 6.07) is 0. The number of rotatable bonds is 13. The largest absolute Gasteiger partial charge is 0.478 e. The highest BCUT2D eigenvalue weighted by molar-refractivity contribution is 5.85. The van der Waals surface area contributed by atoms with Crippen molar-refractivity contribution in [3.63, 3.8) is 0 Å². The lowest BCUT2D eigenvalue weighted by Gasteiger charge is -2.04. The number of hydrogen-bond acceptors (Lipinski definition) is 3. The van der Waals surface area contributed by atoms with Gasteiger partial charge in [0.1, 0.15) is 0 Å². The van der Waals surface area contributed by atoms with Crippen LogP contribution >= 0.6 is 0 Å². The van der Waals surface area contributed by atoms with Crippen molar-refractivity contribution < 1.29 is 19.7 Å². The van der Waals surface area contributed by atoms with Gasteiger partial charge >= 0.3 is 5.97 Å². The minimum atomic E-state index is -0.988. The molecule has 0 spiro atoms. The fourth-order valence-corrected chi connectivity index (χ4v) is 1.63. The summed E-state index contributed by atoms with van der Waals surface area (Å²) in [6.45, 7) is 4.43. The van der Waals surface area contributed by atoms with Crippen molar-refractivity contribution in [2.24, 2.45) is 0 Å². The highest BCUT2D eigenvalue weighted by Crippen LogP contribution is 2.08. The molecule has 106 valence electrons. The summed E-state index contributed by atoms with van der Waals surface area (Å²) >= 11 is 0. The van der Waals surface area contributed by atoms with Crippen molar-refractivity contribution in [3.05, 3.63) is 12.2 Å². The first kappa shape index (κ1) is 17.1. The SMILES string of the molecule is C=C(COCCCCCCCCCCO)C(=O)O. The fraction of sp³-hybridized carbons (Fsp3) is 0.786. The molecular formula is C14H26O4. The van der Waals surface area contributed by atoms with Gasteiger partial charge in [-0.15, -0.1) is 0 Å². The zero-order chi connectivity index (χ0) is 13.6. The van der Waals surface area contributed by atoms with Crippen molar-refractivity contribution in [3.8, 4) is 0 Å². The van der Waals surface area contributed by atoms with Crippen molar-refractivity contribution in [2.75, 3.05) is 19.8 Å². The number of hydrogen-bond donors (Lipinski definition) is 2. The lowest BCUT2D eigenvalue weighted by Crippen LogP contribution is -2.07. The number of aliphatic hydroxyl groups excluding tert-OH is 1. The topological polar surface area (TPSA) is 66.8 Å². The second-order valence-electron chi connectivity index (χ2n) is 4.51. The summed E-state index contributed by atoms with van der Waals surface area (Å²) in [5.41, 5.74) is 0.110. The molecule has 0 atom stereocenters. The van der Waals surface area contributed by atoms with Crippen LogP contribution in [0.1, 0.15) is 51.4 Å². The molecule has 0 saturated heterocycles. The third-order valence-corrected chi connectivity index (χ3v) is 2.78. The Bertz CT molecular complexity index is 226. The lowest BCUT2D eigenvalue weighted by atomic mass is 10.1. The molecule has 0 unspecified atom stereocenters. The molecule has 0 aliphatic carbocycles. The summed E-state index contributed by atoms with van der Waals surface area (Å²) in [5, 5.41) is 17.2.